The Morgan fingerprint density at radius 1 is 0.518 bits per heavy atom. The van der Waals surface area contributed by atoms with E-state index in [1.54, 1.807) is 59.9 Å². The maximum atomic E-state index is 10.5. The lowest BCUT2D eigenvalue weighted by molar-refractivity contribution is 0.760. The smallest absolute Gasteiger partial charge is 0.108 e. The van der Waals surface area contributed by atoms with Crippen LogP contribution in [0.4, 0.5) is 0 Å². The van der Waals surface area contributed by atoms with E-state index in [4.69, 9.17) is 23.2 Å². The van der Waals surface area contributed by atoms with E-state index in [0.717, 1.165) is 66.1 Å². The van der Waals surface area contributed by atoms with Crippen LogP contribution in [0, 0.1) is 22.7 Å². The average molecular weight is 800 g/mol. The molecular formula is C44H24Cl2N8S2. The predicted molar refractivity (Wildman–Crippen MR) is 226 cm³/mol. The van der Waals surface area contributed by atoms with Gasteiger partial charge in [0.15, 0.2) is 0 Å². The van der Waals surface area contributed by atoms with Gasteiger partial charge in [-0.05, 0) is 116 Å². The summed E-state index contributed by atoms with van der Waals surface area (Å²) in [5, 5.41) is 32.1. The maximum absolute atomic E-state index is 10.5. The first-order chi connectivity index (χ1) is 27.5. The molecule has 10 rings (SSSR count). The highest BCUT2D eigenvalue weighted by Crippen LogP contribution is 2.39. The van der Waals surface area contributed by atoms with Crippen molar-refractivity contribution in [2.24, 2.45) is 0 Å². The Morgan fingerprint density at radius 2 is 0.982 bits per heavy atom. The molecule has 0 fully saturated rings. The molecule has 0 saturated carbocycles. The lowest BCUT2D eigenvalue weighted by Gasteiger charge is -2.19. The molecule has 0 N–H and O–H groups in total. The Morgan fingerprint density at radius 3 is 1.38 bits per heavy atom. The molecule has 12 heteroatoms. The first kappa shape index (κ1) is 34.1. The summed E-state index contributed by atoms with van der Waals surface area (Å²) >= 11 is 17.3. The van der Waals surface area contributed by atoms with Gasteiger partial charge in [-0.1, -0.05) is 47.5 Å². The summed E-state index contributed by atoms with van der Waals surface area (Å²) < 4.78 is 3.90. The van der Waals surface area contributed by atoms with Gasteiger partial charge in [-0.2, -0.15) is 33.2 Å². The zero-order chi connectivity index (χ0) is 37.9. The van der Waals surface area contributed by atoms with Crippen LogP contribution in [0.1, 0.15) is 23.0 Å². The fourth-order valence-corrected chi connectivity index (χ4v) is 9.37. The predicted octanol–water partition coefficient (Wildman–Crippen LogP) is 12.1. The van der Waals surface area contributed by atoms with Crippen LogP contribution in [0.3, 0.4) is 0 Å². The molecule has 266 valence electrons. The van der Waals surface area contributed by atoms with E-state index in [1.807, 2.05) is 45.5 Å². The number of halogens is 2. The highest BCUT2D eigenvalue weighted by molar-refractivity contribution is 7.08. The molecule has 10 aromatic rings. The zero-order valence-corrected chi connectivity index (χ0v) is 32.2. The van der Waals surface area contributed by atoms with E-state index in [1.165, 1.54) is 0 Å². The second-order valence-corrected chi connectivity index (χ2v) is 15.7. The third kappa shape index (κ3) is 5.62. The largest absolute Gasteiger partial charge is 0.297 e. The van der Waals surface area contributed by atoms with E-state index in [9.17, 15) is 10.5 Å². The van der Waals surface area contributed by atoms with Gasteiger partial charge in [-0.25, -0.2) is 9.97 Å². The van der Waals surface area contributed by atoms with E-state index in [-0.39, 0.29) is 0 Å². The van der Waals surface area contributed by atoms with E-state index < -0.39 is 11.8 Å². The molecule has 0 aliphatic heterocycles. The lowest BCUT2D eigenvalue weighted by Crippen LogP contribution is -2.09. The first-order valence-corrected chi connectivity index (χ1v) is 20.1. The van der Waals surface area contributed by atoms with Gasteiger partial charge in [-0.3, -0.25) is 19.1 Å². The molecule has 4 aromatic carbocycles. The molecule has 0 bridgehead atoms. The molecule has 0 amide bonds. The Bertz CT molecular complexity index is 3010. The molecule has 0 spiro atoms. The van der Waals surface area contributed by atoms with Crippen LogP contribution in [0.2, 0.25) is 10.0 Å². The van der Waals surface area contributed by atoms with Crippen molar-refractivity contribution in [3.63, 3.8) is 0 Å². The van der Waals surface area contributed by atoms with Crippen LogP contribution in [0.25, 0.3) is 77.5 Å². The minimum Gasteiger partial charge on any atom is -0.297 e. The minimum absolute atomic E-state index is 0.418. The van der Waals surface area contributed by atoms with Crippen LogP contribution in [-0.4, -0.2) is 29.1 Å². The van der Waals surface area contributed by atoms with Crippen LogP contribution in [0.15, 0.2) is 131 Å². The van der Waals surface area contributed by atoms with Crippen LogP contribution in [-0.2, 0) is 0 Å². The second-order valence-electron chi connectivity index (χ2n) is 13.3. The number of hydrogen-bond acceptors (Lipinski definition) is 8. The number of nitrogens with zero attached hydrogens (tertiary/aromatic N) is 8. The molecule has 0 aliphatic rings. The molecule has 6 aromatic heterocycles. The maximum Gasteiger partial charge on any atom is 0.108 e. The summed E-state index contributed by atoms with van der Waals surface area (Å²) in [6, 6.07) is 32.3. The van der Waals surface area contributed by atoms with Gasteiger partial charge < -0.3 is 0 Å². The summed E-state index contributed by atoms with van der Waals surface area (Å²) in [5.74, 6) is -1.66. The lowest BCUT2D eigenvalue weighted by atomic mass is 9.83. The molecule has 0 aliphatic carbocycles. The SMILES string of the molecule is N#CC(c1ccc(-n2cnc3cnc4ccc(-c5ccsc5)cc4c32)c(Cl)c1)C(C#N)c1ccc(-n2cnc3cnc4ccc(-c5ccsc5)cc4c32)c(Cl)c1. The fraction of sp³-hybridized carbons (Fsp3) is 0.0455. The Labute approximate surface area is 337 Å². The van der Waals surface area contributed by atoms with Crippen molar-refractivity contribution in [2.75, 3.05) is 0 Å². The highest BCUT2D eigenvalue weighted by atomic mass is 35.5. The number of aromatic nitrogens is 6. The average Bonchev–Trinajstić information content (AvgIpc) is 4.07. The van der Waals surface area contributed by atoms with Crippen molar-refractivity contribution in [1.82, 2.24) is 29.1 Å². The standard InChI is InChI=1S/C44H24Cl2N8S2/c45-35-15-27(3-7-41(35)53-23-51-39-19-49-37-5-1-25(13-31(37)43(39)53)29-9-11-55-21-29)33(17-47)34(18-48)28-4-8-42(36(46)16-28)54-24-52-40-20-50-38-6-2-26(14-32(38)44(40)54)30-10-12-56-22-30/h1-16,19-24,33-34H. The van der Waals surface area contributed by atoms with Crippen LogP contribution >= 0.6 is 45.9 Å². The molecule has 2 unspecified atom stereocenters. The van der Waals surface area contributed by atoms with Gasteiger partial charge >= 0.3 is 0 Å². The highest BCUT2D eigenvalue weighted by Gasteiger charge is 2.27. The second kappa shape index (κ2) is 13.7. The number of imidazole rings is 2. The number of pyridine rings is 2. The van der Waals surface area contributed by atoms with Crippen molar-refractivity contribution in [2.45, 2.75) is 11.8 Å². The van der Waals surface area contributed by atoms with Gasteiger partial charge in [0, 0.05) is 10.8 Å². The summed E-state index contributed by atoms with van der Waals surface area (Å²) in [6.07, 6.45) is 6.99. The molecule has 0 saturated heterocycles. The minimum atomic E-state index is -0.828. The Kier molecular flexibility index (Phi) is 8.36. The molecule has 6 heterocycles. The molecule has 2 atom stereocenters. The Hall–Kier alpha value is -6.40. The van der Waals surface area contributed by atoms with Gasteiger partial charge in [0.1, 0.15) is 23.7 Å². The quantitative estimate of drug-likeness (QED) is 0.159. The van der Waals surface area contributed by atoms with Crippen LogP contribution < -0.4 is 0 Å². The van der Waals surface area contributed by atoms with E-state index in [2.05, 4.69) is 90.0 Å². The third-order valence-corrected chi connectivity index (χ3v) is 12.2. The fourth-order valence-electron chi connectivity index (χ4n) is 7.48. The van der Waals surface area contributed by atoms with Crippen molar-refractivity contribution in [3.05, 3.63) is 153 Å². The summed E-state index contributed by atoms with van der Waals surface area (Å²) in [4.78, 5) is 18.6. The van der Waals surface area contributed by atoms with E-state index >= 15 is 0 Å². The number of rotatable bonds is 7. The van der Waals surface area contributed by atoms with Crippen molar-refractivity contribution in [3.8, 4) is 45.8 Å². The zero-order valence-electron chi connectivity index (χ0n) is 29.0. The molecule has 8 nitrogen and oxygen atoms in total. The van der Waals surface area contributed by atoms with E-state index in [0.29, 0.717) is 32.5 Å². The van der Waals surface area contributed by atoms with Gasteiger partial charge in [0.05, 0.1) is 79.9 Å². The number of benzene rings is 4. The molecular weight excluding hydrogens is 776 g/mol. The summed E-state index contributed by atoms with van der Waals surface area (Å²) in [6.45, 7) is 0. The van der Waals surface area contributed by atoms with Gasteiger partial charge in [-0.15, -0.1) is 0 Å². The summed E-state index contributed by atoms with van der Waals surface area (Å²) in [7, 11) is 0. The van der Waals surface area contributed by atoms with Gasteiger partial charge in [0.25, 0.3) is 0 Å². The summed E-state index contributed by atoms with van der Waals surface area (Å²) in [5.41, 5.74) is 12.0. The normalized spacial score (nSPS) is 12.6. The number of nitriles is 2. The number of hydrogen-bond donors (Lipinski definition) is 0. The van der Waals surface area contributed by atoms with Crippen molar-refractivity contribution >= 4 is 89.7 Å². The topological polar surface area (TPSA) is 109 Å². The first-order valence-electron chi connectivity index (χ1n) is 17.4. The van der Waals surface area contributed by atoms with Gasteiger partial charge in [0.2, 0.25) is 0 Å². The third-order valence-electron chi connectivity index (χ3n) is 10.2. The molecule has 56 heavy (non-hydrogen) atoms. The Balaban J connectivity index is 0.997. The monoisotopic (exact) mass is 798 g/mol. The van der Waals surface area contributed by atoms with Crippen molar-refractivity contribution < 1.29 is 0 Å². The molecule has 0 radical (unpaired) electrons. The van der Waals surface area contributed by atoms with Crippen LogP contribution in [0.5, 0.6) is 0 Å². The van der Waals surface area contributed by atoms with Crippen molar-refractivity contribution in [1.29, 1.82) is 10.5 Å². The number of fused-ring (bicyclic) bond motifs is 6. The number of thiophene rings is 2.